The Kier molecular flexibility index (Phi) is 4.00. The van der Waals surface area contributed by atoms with Crippen LogP contribution in [0.25, 0.3) is 10.8 Å². The topological polar surface area (TPSA) is 88.7 Å². The zero-order chi connectivity index (χ0) is 14.8. The van der Waals surface area contributed by atoms with Crippen LogP contribution in [0, 0.1) is 5.92 Å². The van der Waals surface area contributed by atoms with Crippen LogP contribution in [0.3, 0.4) is 0 Å². The molecule has 0 aliphatic carbocycles. The highest BCUT2D eigenvalue weighted by molar-refractivity contribution is 7.13. The summed E-state index contributed by atoms with van der Waals surface area (Å²) in [4.78, 5) is 18.3. The van der Waals surface area contributed by atoms with Crippen molar-refractivity contribution >= 4 is 17.3 Å². The van der Waals surface area contributed by atoms with E-state index in [1.165, 1.54) is 11.3 Å². The Bertz CT molecular complexity index is 613. The number of thiophene rings is 1. The first kappa shape index (κ1) is 14.2. The molecule has 3 rings (SSSR count). The number of carbonyl (C=O) groups is 1. The largest absolute Gasteiger partial charge is 0.481 e. The van der Waals surface area contributed by atoms with E-state index in [9.17, 15) is 9.90 Å². The molecule has 3 heterocycles. The lowest BCUT2D eigenvalue weighted by Crippen LogP contribution is -2.40. The van der Waals surface area contributed by atoms with Gasteiger partial charge in [0.15, 0.2) is 5.82 Å². The van der Waals surface area contributed by atoms with Crippen LogP contribution in [0.1, 0.15) is 5.82 Å². The van der Waals surface area contributed by atoms with E-state index in [2.05, 4.69) is 10.1 Å². The molecular formula is C13H15N3O4S. The number of carboxylic acids is 1. The second kappa shape index (κ2) is 5.92. The van der Waals surface area contributed by atoms with Crippen molar-refractivity contribution in [3.63, 3.8) is 0 Å². The summed E-state index contributed by atoms with van der Waals surface area (Å²) in [6, 6.07) is 3.66. The van der Waals surface area contributed by atoms with Crippen LogP contribution in [0.15, 0.2) is 22.0 Å². The lowest BCUT2D eigenvalue weighted by Gasteiger charge is -2.24. The summed E-state index contributed by atoms with van der Waals surface area (Å²) in [5.74, 6) is -0.321. The van der Waals surface area contributed by atoms with Gasteiger partial charge in [-0.2, -0.15) is 4.98 Å². The minimum atomic E-state index is -0.836. The summed E-state index contributed by atoms with van der Waals surface area (Å²) in [5, 5.41) is 15.1. The SMILES string of the molecule is CN(Cc1noc(-c2cccs2)n1)C1COCC1C(=O)O. The van der Waals surface area contributed by atoms with Gasteiger partial charge in [0, 0.05) is 6.04 Å². The highest BCUT2D eigenvalue weighted by Crippen LogP contribution is 2.24. The van der Waals surface area contributed by atoms with Crippen LogP contribution in [0.2, 0.25) is 0 Å². The maximum atomic E-state index is 11.2. The fourth-order valence-corrected chi connectivity index (χ4v) is 3.02. The molecule has 0 radical (unpaired) electrons. The van der Waals surface area contributed by atoms with E-state index >= 15 is 0 Å². The number of ether oxygens (including phenoxy) is 1. The van der Waals surface area contributed by atoms with Crippen LogP contribution in [-0.4, -0.2) is 52.4 Å². The Morgan fingerprint density at radius 1 is 1.57 bits per heavy atom. The molecule has 0 aromatic carbocycles. The molecule has 0 amide bonds. The van der Waals surface area contributed by atoms with E-state index in [1.807, 2.05) is 29.5 Å². The van der Waals surface area contributed by atoms with Crippen molar-refractivity contribution in [2.24, 2.45) is 5.92 Å². The summed E-state index contributed by atoms with van der Waals surface area (Å²) in [7, 11) is 1.84. The number of hydrogen-bond acceptors (Lipinski definition) is 7. The average molecular weight is 309 g/mol. The second-order valence-electron chi connectivity index (χ2n) is 4.96. The molecule has 1 N–H and O–H groups in total. The van der Waals surface area contributed by atoms with Crippen LogP contribution in [0.4, 0.5) is 0 Å². The van der Waals surface area contributed by atoms with Crippen molar-refractivity contribution in [2.75, 3.05) is 20.3 Å². The minimum absolute atomic E-state index is 0.175. The number of aromatic nitrogens is 2. The zero-order valence-electron chi connectivity index (χ0n) is 11.4. The monoisotopic (exact) mass is 309 g/mol. The third-order valence-corrected chi connectivity index (χ3v) is 4.38. The van der Waals surface area contributed by atoms with E-state index in [0.29, 0.717) is 24.9 Å². The van der Waals surface area contributed by atoms with E-state index in [-0.39, 0.29) is 12.6 Å². The fourth-order valence-electron chi connectivity index (χ4n) is 2.37. The number of likely N-dealkylation sites (N-methyl/N-ethyl adjacent to an activating group) is 1. The Morgan fingerprint density at radius 3 is 3.14 bits per heavy atom. The molecule has 7 nitrogen and oxygen atoms in total. The average Bonchev–Trinajstić information content (AvgIpc) is 3.19. The van der Waals surface area contributed by atoms with Gasteiger partial charge in [-0.1, -0.05) is 11.2 Å². The smallest absolute Gasteiger partial charge is 0.310 e. The van der Waals surface area contributed by atoms with Crippen LogP contribution < -0.4 is 0 Å². The highest BCUT2D eigenvalue weighted by Gasteiger charge is 2.37. The normalized spacial score (nSPS) is 22.0. The van der Waals surface area contributed by atoms with Gasteiger partial charge in [0.05, 0.1) is 30.6 Å². The molecule has 1 aliphatic rings. The minimum Gasteiger partial charge on any atom is -0.481 e. The van der Waals surface area contributed by atoms with Crippen molar-refractivity contribution < 1.29 is 19.2 Å². The van der Waals surface area contributed by atoms with Crippen molar-refractivity contribution in [3.05, 3.63) is 23.3 Å². The molecule has 1 fully saturated rings. The standard InChI is InChI=1S/C13H15N3O4S/c1-16(9-7-19-6-8(9)13(17)18)5-11-14-12(20-15-11)10-3-2-4-21-10/h2-4,8-9H,5-7H2,1H3,(H,17,18). The zero-order valence-corrected chi connectivity index (χ0v) is 12.2. The van der Waals surface area contributed by atoms with Gasteiger partial charge in [-0.25, -0.2) is 0 Å². The molecule has 0 saturated carbocycles. The number of hydrogen-bond donors (Lipinski definition) is 1. The predicted octanol–water partition coefficient (Wildman–Crippen LogP) is 1.33. The molecule has 0 spiro atoms. The first-order valence-electron chi connectivity index (χ1n) is 6.52. The van der Waals surface area contributed by atoms with Gasteiger partial charge >= 0.3 is 5.97 Å². The number of aliphatic carboxylic acids is 1. The van der Waals surface area contributed by atoms with Gasteiger partial charge in [0.25, 0.3) is 5.89 Å². The number of nitrogens with zero attached hydrogens (tertiary/aromatic N) is 3. The predicted molar refractivity (Wildman–Crippen MR) is 74.8 cm³/mol. The molecule has 112 valence electrons. The molecule has 1 aliphatic heterocycles. The third-order valence-electron chi connectivity index (χ3n) is 3.52. The summed E-state index contributed by atoms with van der Waals surface area (Å²) < 4.78 is 10.5. The maximum Gasteiger partial charge on any atom is 0.310 e. The van der Waals surface area contributed by atoms with Gasteiger partial charge in [-0.05, 0) is 18.5 Å². The summed E-state index contributed by atoms with van der Waals surface area (Å²) >= 11 is 1.53. The van der Waals surface area contributed by atoms with Crippen LogP contribution in [-0.2, 0) is 16.1 Å². The Morgan fingerprint density at radius 2 is 2.43 bits per heavy atom. The molecule has 2 atom stereocenters. The molecular weight excluding hydrogens is 294 g/mol. The lowest BCUT2D eigenvalue weighted by molar-refractivity contribution is -0.143. The first-order valence-corrected chi connectivity index (χ1v) is 7.40. The number of rotatable bonds is 5. The molecule has 1 saturated heterocycles. The van der Waals surface area contributed by atoms with Crippen LogP contribution >= 0.6 is 11.3 Å². The first-order chi connectivity index (χ1) is 10.1. The Hall–Kier alpha value is -1.77. The highest BCUT2D eigenvalue weighted by atomic mass is 32.1. The van der Waals surface area contributed by atoms with Gasteiger partial charge in [0.1, 0.15) is 0 Å². The van der Waals surface area contributed by atoms with Gasteiger partial charge in [-0.15, -0.1) is 11.3 Å². The van der Waals surface area contributed by atoms with E-state index in [1.54, 1.807) is 0 Å². The summed E-state index contributed by atoms with van der Waals surface area (Å²) in [6.45, 7) is 1.08. The van der Waals surface area contributed by atoms with Gasteiger partial charge < -0.3 is 14.4 Å². The quantitative estimate of drug-likeness (QED) is 0.891. The summed E-state index contributed by atoms with van der Waals surface area (Å²) in [6.07, 6.45) is 0. The molecule has 2 aromatic rings. The van der Waals surface area contributed by atoms with Gasteiger partial charge in [0.2, 0.25) is 0 Å². The number of carboxylic acid groups (broad SMARTS) is 1. The molecule has 2 unspecified atom stereocenters. The van der Waals surface area contributed by atoms with Crippen LogP contribution in [0.5, 0.6) is 0 Å². The second-order valence-corrected chi connectivity index (χ2v) is 5.91. The molecule has 8 heteroatoms. The van der Waals surface area contributed by atoms with Crippen molar-refractivity contribution in [1.29, 1.82) is 0 Å². The third kappa shape index (κ3) is 2.97. The summed E-state index contributed by atoms with van der Waals surface area (Å²) in [5.41, 5.74) is 0. The fraction of sp³-hybridized carbons (Fsp3) is 0.462. The lowest BCUT2D eigenvalue weighted by atomic mass is 10.0. The maximum absolute atomic E-state index is 11.2. The van der Waals surface area contributed by atoms with E-state index in [4.69, 9.17) is 9.26 Å². The Labute approximate surface area is 125 Å². The Balaban J connectivity index is 1.67. The van der Waals surface area contributed by atoms with Gasteiger partial charge in [-0.3, -0.25) is 9.69 Å². The van der Waals surface area contributed by atoms with Crippen molar-refractivity contribution in [2.45, 2.75) is 12.6 Å². The molecule has 2 aromatic heterocycles. The molecule has 0 bridgehead atoms. The van der Waals surface area contributed by atoms with Crippen molar-refractivity contribution in [3.8, 4) is 10.8 Å². The molecule has 21 heavy (non-hydrogen) atoms. The van der Waals surface area contributed by atoms with E-state index < -0.39 is 11.9 Å². The van der Waals surface area contributed by atoms with Crippen molar-refractivity contribution in [1.82, 2.24) is 15.0 Å². The van der Waals surface area contributed by atoms with E-state index in [0.717, 1.165) is 4.88 Å².